The number of aryl methyl sites for hydroxylation is 1. The van der Waals surface area contributed by atoms with E-state index in [0.29, 0.717) is 17.4 Å². The van der Waals surface area contributed by atoms with Crippen molar-refractivity contribution in [3.05, 3.63) is 54.7 Å². The van der Waals surface area contributed by atoms with Crippen molar-refractivity contribution in [2.24, 2.45) is 7.05 Å². The molecule has 4 aromatic heterocycles. The smallest absolute Gasteiger partial charge is 0.260 e. The van der Waals surface area contributed by atoms with Gasteiger partial charge in [0.05, 0.1) is 35.2 Å². The van der Waals surface area contributed by atoms with Crippen LogP contribution in [0, 0.1) is 0 Å². The molecule has 5 rings (SSSR count). The number of carbonyl (C=O) groups excluding carboxylic acids is 1. The molecule has 31 heavy (non-hydrogen) atoms. The maximum absolute atomic E-state index is 12.7. The molecule has 0 bridgehead atoms. The Kier molecular flexibility index (Phi) is 4.95. The molecule has 9 nitrogen and oxygen atoms in total. The molecule has 1 amide bonds. The van der Waals surface area contributed by atoms with Crippen LogP contribution < -0.4 is 5.32 Å². The molecule has 0 saturated carbocycles. The molecule has 0 unspecified atom stereocenters. The van der Waals surface area contributed by atoms with E-state index in [-0.39, 0.29) is 5.91 Å². The van der Waals surface area contributed by atoms with Crippen LogP contribution in [0.1, 0.15) is 29.2 Å². The normalized spacial score (nSPS) is 15.4. The fourth-order valence-corrected chi connectivity index (χ4v) is 3.90. The molecule has 4 aromatic rings. The molecule has 1 aliphatic heterocycles. The summed E-state index contributed by atoms with van der Waals surface area (Å²) >= 11 is 0. The Labute approximate surface area is 179 Å². The molecule has 9 heteroatoms. The van der Waals surface area contributed by atoms with Crippen molar-refractivity contribution in [1.82, 2.24) is 34.4 Å². The fraction of sp³-hybridized carbons (Fsp3) is 0.318. The summed E-state index contributed by atoms with van der Waals surface area (Å²) in [6.07, 6.45) is 10.9. The maximum atomic E-state index is 12.7. The highest BCUT2D eigenvalue weighted by Crippen LogP contribution is 2.23. The van der Waals surface area contributed by atoms with E-state index >= 15 is 0 Å². The molecule has 5 heterocycles. The zero-order valence-electron chi connectivity index (χ0n) is 17.6. The van der Waals surface area contributed by atoms with Crippen molar-refractivity contribution < 1.29 is 4.79 Å². The van der Waals surface area contributed by atoms with Crippen molar-refractivity contribution in [1.29, 1.82) is 0 Å². The quantitative estimate of drug-likeness (QED) is 0.550. The molecule has 1 N–H and O–H groups in total. The van der Waals surface area contributed by atoms with E-state index in [1.807, 2.05) is 36.3 Å². The Morgan fingerprint density at radius 1 is 1.06 bits per heavy atom. The summed E-state index contributed by atoms with van der Waals surface area (Å²) in [5, 5.41) is 12.4. The highest BCUT2D eigenvalue weighted by Gasteiger charge is 2.20. The SMILES string of the molecule is CN1CCC(n2cc(C(=O)Nc3cc4nc(-c5cnn(C)c5)ccc4cn3)cn2)CC1. The molecular weight excluding hydrogens is 392 g/mol. The second-order valence-electron chi connectivity index (χ2n) is 8.06. The van der Waals surface area contributed by atoms with Crippen LogP contribution in [-0.4, -0.2) is 60.5 Å². The van der Waals surface area contributed by atoms with Gasteiger partial charge in [-0.25, -0.2) is 9.97 Å². The van der Waals surface area contributed by atoms with Gasteiger partial charge < -0.3 is 10.2 Å². The van der Waals surface area contributed by atoms with Gasteiger partial charge in [-0.15, -0.1) is 0 Å². The molecular formula is C22H24N8O. The van der Waals surface area contributed by atoms with Crippen LogP contribution in [0.5, 0.6) is 0 Å². The van der Waals surface area contributed by atoms with E-state index in [4.69, 9.17) is 4.98 Å². The molecule has 158 valence electrons. The lowest BCUT2D eigenvalue weighted by Gasteiger charge is -2.28. The van der Waals surface area contributed by atoms with E-state index in [9.17, 15) is 4.79 Å². The Morgan fingerprint density at radius 2 is 1.90 bits per heavy atom. The van der Waals surface area contributed by atoms with Gasteiger partial charge in [-0.05, 0) is 45.1 Å². The van der Waals surface area contributed by atoms with Gasteiger partial charge in [0.2, 0.25) is 0 Å². The van der Waals surface area contributed by atoms with E-state index in [2.05, 4.69) is 32.4 Å². The summed E-state index contributed by atoms with van der Waals surface area (Å²) in [6, 6.07) is 6.03. The zero-order chi connectivity index (χ0) is 21.4. The maximum Gasteiger partial charge on any atom is 0.260 e. The average Bonchev–Trinajstić information content (AvgIpc) is 3.43. The lowest BCUT2D eigenvalue weighted by molar-refractivity contribution is 0.102. The minimum Gasteiger partial charge on any atom is -0.306 e. The second-order valence-corrected chi connectivity index (χ2v) is 8.06. The van der Waals surface area contributed by atoms with Gasteiger partial charge in [0.25, 0.3) is 5.91 Å². The molecule has 0 aromatic carbocycles. The van der Waals surface area contributed by atoms with Crippen LogP contribution in [0.3, 0.4) is 0 Å². The summed E-state index contributed by atoms with van der Waals surface area (Å²) in [5.41, 5.74) is 3.04. The number of hydrogen-bond donors (Lipinski definition) is 1. The average molecular weight is 416 g/mol. The Hall–Kier alpha value is -3.59. The number of piperidine rings is 1. The van der Waals surface area contributed by atoms with Crippen molar-refractivity contribution in [3.8, 4) is 11.3 Å². The Bertz CT molecular complexity index is 1240. The third-order valence-corrected chi connectivity index (χ3v) is 5.74. The van der Waals surface area contributed by atoms with Gasteiger partial charge in [0.1, 0.15) is 5.82 Å². The third-order valence-electron chi connectivity index (χ3n) is 5.74. The molecule has 1 fully saturated rings. The van der Waals surface area contributed by atoms with Gasteiger partial charge in [-0.2, -0.15) is 10.2 Å². The van der Waals surface area contributed by atoms with E-state index in [1.54, 1.807) is 29.3 Å². The van der Waals surface area contributed by atoms with Crippen LogP contribution in [0.15, 0.2) is 49.2 Å². The largest absolute Gasteiger partial charge is 0.306 e. The van der Waals surface area contributed by atoms with Gasteiger partial charge in [-0.1, -0.05) is 0 Å². The van der Waals surface area contributed by atoms with Gasteiger partial charge >= 0.3 is 0 Å². The summed E-state index contributed by atoms with van der Waals surface area (Å²) in [6.45, 7) is 2.09. The van der Waals surface area contributed by atoms with Crippen molar-refractivity contribution >= 4 is 22.6 Å². The molecule has 0 spiro atoms. The first-order valence-corrected chi connectivity index (χ1v) is 10.3. The lowest BCUT2D eigenvalue weighted by Crippen LogP contribution is -2.31. The summed E-state index contributed by atoms with van der Waals surface area (Å²) in [7, 11) is 4.00. The number of fused-ring (bicyclic) bond motifs is 1. The number of hydrogen-bond acceptors (Lipinski definition) is 6. The van der Waals surface area contributed by atoms with Crippen LogP contribution in [-0.2, 0) is 7.05 Å². The first-order chi connectivity index (χ1) is 15.0. The van der Waals surface area contributed by atoms with Gasteiger partial charge in [-0.3, -0.25) is 14.2 Å². The summed E-state index contributed by atoms with van der Waals surface area (Å²) in [4.78, 5) is 24.1. The van der Waals surface area contributed by atoms with Gasteiger partial charge in [0.15, 0.2) is 0 Å². The van der Waals surface area contributed by atoms with E-state index in [1.165, 1.54) is 0 Å². The zero-order valence-corrected chi connectivity index (χ0v) is 17.6. The standard InChI is InChI=1S/C22H24N8O/c1-28-7-5-18(6-8-28)30-14-17(12-25-30)22(31)27-21-9-20-15(10-23-21)3-4-19(26-20)16-11-24-29(2)13-16/h3-4,9-14,18H,5-8H2,1-2H3,(H,23,27,31). The van der Waals surface area contributed by atoms with E-state index < -0.39 is 0 Å². The number of anilines is 1. The van der Waals surface area contributed by atoms with Crippen molar-refractivity contribution in [3.63, 3.8) is 0 Å². The third kappa shape index (κ3) is 4.04. The number of carbonyl (C=O) groups is 1. The Balaban J connectivity index is 1.33. The second kappa shape index (κ2) is 7.92. The number of rotatable bonds is 4. The number of pyridine rings is 2. The molecule has 1 aliphatic rings. The van der Waals surface area contributed by atoms with Gasteiger partial charge in [0, 0.05) is 42.7 Å². The first-order valence-electron chi connectivity index (χ1n) is 10.3. The molecule has 0 atom stereocenters. The first kappa shape index (κ1) is 19.4. The monoisotopic (exact) mass is 416 g/mol. The number of aromatic nitrogens is 6. The summed E-state index contributed by atoms with van der Waals surface area (Å²) < 4.78 is 3.66. The number of nitrogens with zero attached hydrogens (tertiary/aromatic N) is 7. The predicted molar refractivity (Wildman–Crippen MR) is 118 cm³/mol. The number of amides is 1. The molecule has 1 saturated heterocycles. The van der Waals surface area contributed by atoms with Crippen LogP contribution in [0.4, 0.5) is 5.82 Å². The topological polar surface area (TPSA) is 93.8 Å². The highest BCUT2D eigenvalue weighted by molar-refractivity contribution is 6.04. The Morgan fingerprint density at radius 3 is 2.68 bits per heavy atom. The number of likely N-dealkylation sites (tertiary alicyclic amines) is 1. The van der Waals surface area contributed by atoms with Crippen molar-refractivity contribution in [2.45, 2.75) is 18.9 Å². The number of nitrogens with one attached hydrogen (secondary N) is 1. The summed E-state index contributed by atoms with van der Waals surface area (Å²) in [5.74, 6) is 0.231. The minimum atomic E-state index is -0.227. The molecule has 0 radical (unpaired) electrons. The highest BCUT2D eigenvalue weighted by atomic mass is 16.1. The van der Waals surface area contributed by atoms with Crippen LogP contribution >= 0.6 is 0 Å². The van der Waals surface area contributed by atoms with E-state index in [0.717, 1.165) is 48.1 Å². The fourth-order valence-electron chi connectivity index (χ4n) is 3.90. The van der Waals surface area contributed by atoms with Crippen LogP contribution in [0.25, 0.3) is 22.2 Å². The lowest BCUT2D eigenvalue weighted by atomic mass is 10.1. The predicted octanol–water partition coefficient (Wildman–Crippen LogP) is 2.75. The van der Waals surface area contributed by atoms with Crippen LogP contribution in [0.2, 0.25) is 0 Å². The van der Waals surface area contributed by atoms with Crippen molar-refractivity contribution in [2.75, 3.05) is 25.5 Å². The minimum absolute atomic E-state index is 0.227. The molecule has 0 aliphatic carbocycles.